The maximum Gasteiger partial charge on any atom is 0.246 e. The Bertz CT molecular complexity index is 420. The predicted molar refractivity (Wildman–Crippen MR) is 52.9 cm³/mol. The van der Waals surface area contributed by atoms with Gasteiger partial charge in [0.05, 0.1) is 12.2 Å². The second-order valence-electron chi connectivity index (χ2n) is 3.28. The summed E-state index contributed by atoms with van der Waals surface area (Å²) in [7, 11) is 0. The summed E-state index contributed by atoms with van der Waals surface area (Å²) < 4.78 is 26.4. The first kappa shape index (κ1) is 9.89. The van der Waals surface area contributed by atoms with E-state index in [1.807, 2.05) is 0 Å². The number of hydrogen-bond donors (Lipinski definition) is 1. The first-order chi connectivity index (χ1) is 7.13. The fourth-order valence-electron chi connectivity index (χ4n) is 1.70. The topological polar surface area (TPSA) is 32.3 Å². The van der Waals surface area contributed by atoms with Crippen LogP contribution in [-0.2, 0) is 4.79 Å². The largest absolute Gasteiger partial charge is 0.374 e. The number of nitrogens with one attached hydrogen (secondary N) is 1. The van der Waals surface area contributed by atoms with Crippen molar-refractivity contribution in [2.75, 3.05) is 23.3 Å². The molecule has 1 aliphatic rings. The van der Waals surface area contributed by atoms with Crippen LogP contribution in [0, 0.1) is 11.6 Å². The second kappa shape index (κ2) is 3.49. The SMILES string of the molecule is CCN1C(=O)CNc2cc(F)cc(F)c21. The van der Waals surface area contributed by atoms with Crippen LogP contribution < -0.4 is 10.2 Å². The zero-order valence-corrected chi connectivity index (χ0v) is 8.18. The fraction of sp³-hybridized carbons (Fsp3) is 0.300. The summed E-state index contributed by atoms with van der Waals surface area (Å²) in [5.41, 5.74) is 0.462. The Morgan fingerprint density at radius 3 is 2.87 bits per heavy atom. The van der Waals surface area contributed by atoms with Crippen LogP contribution in [0.3, 0.4) is 0 Å². The number of nitrogens with zero attached hydrogens (tertiary/aromatic N) is 1. The van der Waals surface area contributed by atoms with Crippen molar-refractivity contribution in [3.63, 3.8) is 0 Å². The Kier molecular flexibility index (Phi) is 2.30. The van der Waals surface area contributed by atoms with Gasteiger partial charge in [0.25, 0.3) is 0 Å². The van der Waals surface area contributed by atoms with Gasteiger partial charge in [0.1, 0.15) is 11.5 Å². The van der Waals surface area contributed by atoms with Crippen LogP contribution in [0.2, 0.25) is 0 Å². The molecule has 0 aliphatic carbocycles. The molecule has 0 fully saturated rings. The lowest BCUT2D eigenvalue weighted by Crippen LogP contribution is -2.40. The summed E-state index contributed by atoms with van der Waals surface area (Å²) in [6, 6.07) is 1.97. The molecule has 15 heavy (non-hydrogen) atoms. The number of rotatable bonds is 1. The fourth-order valence-corrected chi connectivity index (χ4v) is 1.70. The molecule has 1 aromatic rings. The van der Waals surface area contributed by atoms with Crippen molar-refractivity contribution < 1.29 is 13.6 Å². The second-order valence-corrected chi connectivity index (χ2v) is 3.28. The minimum absolute atomic E-state index is 0.0731. The maximum absolute atomic E-state index is 13.5. The number of hydrogen-bond acceptors (Lipinski definition) is 2. The molecule has 2 rings (SSSR count). The van der Waals surface area contributed by atoms with E-state index in [4.69, 9.17) is 0 Å². The standard InChI is InChI=1S/C10H10F2N2O/c1-2-14-9(15)5-13-8-4-6(11)3-7(12)10(8)14/h3-4,13H,2,5H2,1H3. The van der Waals surface area contributed by atoms with Crippen LogP contribution in [0.4, 0.5) is 20.2 Å². The van der Waals surface area contributed by atoms with Crippen molar-refractivity contribution in [2.24, 2.45) is 0 Å². The van der Waals surface area contributed by atoms with Crippen LogP contribution in [0.25, 0.3) is 0 Å². The van der Waals surface area contributed by atoms with E-state index in [-0.39, 0.29) is 18.1 Å². The third kappa shape index (κ3) is 1.54. The van der Waals surface area contributed by atoms with Gasteiger partial charge < -0.3 is 10.2 Å². The van der Waals surface area contributed by atoms with Gasteiger partial charge in [-0.3, -0.25) is 4.79 Å². The molecule has 0 saturated carbocycles. The molecule has 1 N–H and O–H groups in total. The molecular weight excluding hydrogens is 202 g/mol. The van der Waals surface area contributed by atoms with Crippen molar-refractivity contribution in [2.45, 2.75) is 6.92 Å². The predicted octanol–water partition coefficient (Wildman–Crippen LogP) is 1.74. The molecule has 0 bridgehead atoms. The number of likely N-dealkylation sites (N-methyl/N-ethyl adjacent to an activating group) is 1. The van der Waals surface area contributed by atoms with E-state index in [0.717, 1.165) is 6.07 Å². The van der Waals surface area contributed by atoms with Crippen molar-refractivity contribution >= 4 is 17.3 Å². The van der Waals surface area contributed by atoms with E-state index in [2.05, 4.69) is 5.32 Å². The van der Waals surface area contributed by atoms with Crippen molar-refractivity contribution in [3.8, 4) is 0 Å². The Balaban J connectivity index is 2.57. The Morgan fingerprint density at radius 2 is 2.20 bits per heavy atom. The van der Waals surface area contributed by atoms with Gasteiger partial charge >= 0.3 is 0 Å². The minimum atomic E-state index is -0.715. The molecule has 0 spiro atoms. The molecule has 1 aliphatic heterocycles. The van der Waals surface area contributed by atoms with E-state index in [0.29, 0.717) is 12.2 Å². The third-order valence-corrected chi connectivity index (χ3v) is 2.35. The van der Waals surface area contributed by atoms with Crippen LogP contribution in [-0.4, -0.2) is 19.0 Å². The van der Waals surface area contributed by atoms with E-state index in [1.165, 1.54) is 11.0 Å². The number of carbonyl (C=O) groups excluding carboxylic acids is 1. The van der Waals surface area contributed by atoms with Gasteiger partial charge in [-0.15, -0.1) is 0 Å². The van der Waals surface area contributed by atoms with Crippen LogP contribution in [0.5, 0.6) is 0 Å². The average Bonchev–Trinajstić information content (AvgIpc) is 2.18. The smallest absolute Gasteiger partial charge is 0.246 e. The third-order valence-electron chi connectivity index (χ3n) is 2.35. The molecule has 0 radical (unpaired) electrons. The summed E-state index contributed by atoms with van der Waals surface area (Å²) in [6.07, 6.45) is 0. The zero-order valence-electron chi connectivity index (χ0n) is 8.18. The Hall–Kier alpha value is -1.65. The van der Waals surface area contributed by atoms with E-state index >= 15 is 0 Å². The first-order valence-corrected chi connectivity index (χ1v) is 4.66. The molecular formula is C10H10F2N2O. The highest BCUT2D eigenvalue weighted by atomic mass is 19.1. The molecule has 0 aromatic heterocycles. The number of fused-ring (bicyclic) bond motifs is 1. The number of benzene rings is 1. The lowest BCUT2D eigenvalue weighted by atomic mass is 10.2. The van der Waals surface area contributed by atoms with Crippen LogP contribution in [0.1, 0.15) is 6.92 Å². The van der Waals surface area contributed by atoms with Crippen molar-refractivity contribution in [1.29, 1.82) is 0 Å². The molecule has 1 aromatic carbocycles. The Morgan fingerprint density at radius 1 is 1.47 bits per heavy atom. The highest BCUT2D eigenvalue weighted by molar-refractivity contribution is 6.02. The molecule has 0 unspecified atom stereocenters. The van der Waals surface area contributed by atoms with Gasteiger partial charge in [0.15, 0.2) is 5.82 Å². The summed E-state index contributed by atoms with van der Waals surface area (Å²) >= 11 is 0. The van der Waals surface area contributed by atoms with Gasteiger partial charge in [-0.25, -0.2) is 8.78 Å². The first-order valence-electron chi connectivity index (χ1n) is 4.66. The van der Waals surface area contributed by atoms with Crippen LogP contribution >= 0.6 is 0 Å². The molecule has 3 nitrogen and oxygen atoms in total. The molecule has 0 saturated heterocycles. The molecule has 80 valence electrons. The van der Waals surface area contributed by atoms with E-state index in [9.17, 15) is 13.6 Å². The van der Waals surface area contributed by atoms with Gasteiger partial charge in [-0.1, -0.05) is 0 Å². The monoisotopic (exact) mass is 212 g/mol. The Labute approximate surface area is 85.7 Å². The van der Waals surface area contributed by atoms with E-state index in [1.54, 1.807) is 6.92 Å². The zero-order chi connectivity index (χ0) is 11.0. The number of halogens is 2. The molecule has 0 atom stereocenters. The highest BCUT2D eigenvalue weighted by Crippen LogP contribution is 2.32. The quantitative estimate of drug-likeness (QED) is 0.769. The van der Waals surface area contributed by atoms with Crippen LogP contribution in [0.15, 0.2) is 12.1 Å². The number of amides is 1. The van der Waals surface area contributed by atoms with Crippen molar-refractivity contribution in [1.82, 2.24) is 0 Å². The maximum atomic E-state index is 13.5. The minimum Gasteiger partial charge on any atom is -0.374 e. The van der Waals surface area contributed by atoms with Gasteiger partial charge in [0.2, 0.25) is 5.91 Å². The van der Waals surface area contributed by atoms with Crippen molar-refractivity contribution in [3.05, 3.63) is 23.8 Å². The molecule has 1 heterocycles. The number of carbonyl (C=O) groups is 1. The average molecular weight is 212 g/mol. The number of anilines is 2. The van der Waals surface area contributed by atoms with Gasteiger partial charge in [-0.2, -0.15) is 0 Å². The summed E-state index contributed by atoms with van der Waals surface area (Å²) in [5.74, 6) is -1.58. The van der Waals surface area contributed by atoms with Gasteiger partial charge in [-0.05, 0) is 13.0 Å². The highest BCUT2D eigenvalue weighted by Gasteiger charge is 2.26. The lowest BCUT2D eigenvalue weighted by molar-refractivity contribution is -0.117. The van der Waals surface area contributed by atoms with Gasteiger partial charge in [0, 0.05) is 12.6 Å². The van der Waals surface area contributed by atoms with E-state index < -0.39 is 11.6 Å². The summed E-state index contributed by atoms with van der Waals surface area (Å²) in [6.45, 7) is 2.19. The summed E-state index contributed by atoms with van der Waals surface area (Å²) in [5, 5.41) is 2.69. The molecule has 1 amide bonds. The summed E-state index contributed by atoms with van der Waals surface area (Å²) in [4.78, 5) is 12.7. The molecule has 5 heteroatoms. The lowest BCUT2D eigenvalue weighted by Gasteiger charge is -2.29. The normalized spacial score (nSPS) is 14.9.